The van der Waals surface area contributed by atoms with Crippen molar-refractivity contribution in [1.29, 1.82) is 0 Å². The van der Waals surface area contributed by atoms with Crippen molar-refractivity contribution in [1.82, 2.24) is 20.2 Å². The summed E-state index contributed by atoms with van der Waals surface area (Å²) in [5.74, 6) is 0.251. The lowest BCUT2D eigenvalue weighted by Gasteiger charge is -2.06. The molecule has 2 aromatic rings. The van der Waals surface area contributed by atoms with Crippen molar-refractivity contribution in [2.24, 2.45) is 0 Å². The van der Waals surface area contributed by atoms with Gasteiger partial charge in [-0.05, 0) is 22.9 Å². The van der Waals surface area contributed by atoms with Crippen LogP contribution >= 0.6 is 0 Å². The highest BCUT2D eigenvalue weighted by Gasteiger charge is 2.09. The zero-order chi connectivity index (χ0) is 11.5. The van der Waals surface area contributed by atoms with E-state index in [-0.39, 0.29) is 11.7 Å². The fourth-order valence-corrected chi connectivity index (χ4v) is 1.49. The van der Waals surface area contributed by atoms with E-state index in [0.29, 0.717) is 12.1 Å². The molecule has 2 N–H and O–H groups in total. The molecule has 82 valence electrons. The first-order chi connectivity index (χ1) is 7.68. The number of tetrazole rings is 1. The predicted molar refractivity (Wildman–Crippen MR) is 57.8 cm³/mol. The van der Waals surface area contributed by atoms with Gasteiger partial charge in [-0.15, -0.1) is 0 Å². The topological polar surface area (TPSA) is 86.7 Å². The van der Waals surface area contributed by atoms with Crippen molar-refractivity contribution in [3.63, 3.8) is 0 Å². The number of aromatic nitrogens is 4. The lowest BCUT2D eigenvalue weighted by Crippen LogP contribution is -2.09. The van der Waals surface area contributed by atoms with E-state index >= 15 is 0 Å². The van der Waals surface area contributed by atoms with Crippen LogP contribution in [0.1, 0.15) is 22.8 Å². The highest BCUT2D eigenvalue weighted by molar-refractivity contribution is 5.95. The summed E-state index contributed by atoms with van der Waals surface area (Å²) in [4.78, 5) is 11.4. The van der Waals surface area contributed by atoms with Gasteiger partial charge in [0.25, 0.3) is 0 Å². The molecule has 0 radical (unpaired) electrons. The molecule has 0 spiro atoms. The summed E-state index contributed by atoms with van der Waals surface area (Å²) in [6.07, 6.45) is 0. The number of nitrogens with zero attached hydrogens (tertiary/aromatic N) is 4. The van der Waals surface area contributed by atoms with Crippen LogP contribution in [0.5, 0.6) is 0 Å². The van der Waals surface area contributed by atoms with Crippen molar-refractivity contribution in [3.8, 4) is 0 Å². The summed E-state index contributed by atoms with van der Waals surface area (Å²) in [5.41, 5.74) is 7.08. The van der Waals surface area contributed by atoms with Crippen molar-refractivity contribution < 1.29 is 4.79 Å². The first-order valence-electron chi connectivity index (χ1n) is 4.79. The fourth-order valence-electron chi connectivity index (χ4n) is 1.49. The quantitative estimate of drug-likeness (QED) is 0.757. The van der Waals surface area contributed by atoms with E-state index < -0.39 is 0 Å². The third-order valence-corrected chi connectivity index (χ3v) is 2.28. The Balaban J connectivity index is 2.35. The van der Waals surface area contributed by atoms with Gasteiger partial charge >= 0.3 is 0 Å². The molecule has 0 saturated carbocycles. The minimum absolute atomic E-state index is 0.0160. The van der Waals surface area contributed by atoms with Crippen LogP contribution in [-0.2, 0) is 6.54 Å². The van der Waals surface area contributed by atoms with Crippen LogP contribution in [0, 0.1) is 0 Å². The second-order valence-electron chi connectivity index (χ2n) is 3.41. The van der Waals surface area contributed by atoms with E-state index in [0.717, 1.165) is 5.56 Å². The van der Waals surface area contributed by atoms with Crippen molar-refractivity contribution >= 4 is 11.7 Å². The lowest BCUT2D eigenvalue weighted by molar-refractivity contribution is 0.101. The predicted octanol–water partition coefficient (Wildman–Crippen LogP) is 0.506. The molecule has 0 bridgehead atoms. The van der Waals surface area contributed by atoms with Crippen LogP contribution in [-0.4, -0.2) is 26.0 Å². The molecule has 0 aliphatic heterocycles. The number of hydrogen-bond donors (Lipinski definition) is 1. The number of benzene rings is 1. The number of carbonyl (C=O) groups excluding carboxylic acids is 1. The number of nitrogens with two attached hydrogens (primary N) is 1. The Morgan fingerprint density at radius 2 is 2.19 bits per heavy atom. The molecule has 0 amide bonds. The molecule has 0 unspecified atom stereocenters. The molecule has 1 aromatic carbocycles. The molecule has 16 heavy (non-hydrogen) atoms. The highest BCUT2D eigenvalue weighted by Crippen LogP contribution is 2.11. The maximum atomic E-state index is 11.4. The summed E-state index contributed by atoms with van der Waals surface area (Å²) in [7, 11) is 0. The molecule has 0 atom stereocenters. The molecule has 6 heteroatoms. The third-order valence-electron chi connectivity index (χ3n) is 2.28. The molecule has 0 saturated heterocycles. The monoisotopic (exact) mass is 217 g/mol. The summed E-state index contributed by atoms with van der Waals surface area (Å²) in [6.45, 7) is 1.93. The van der Waals surface area contributed by atoms with E-state index in [1.807, 2.05) is 18.2 Å². The van der Waals surface area contributed by atoms with Crippen LogP contribution in [0.4, 0.5) is 5.95 Å². The van der Waals surface area contributed by atoms with Gasteiger partial charge in [-0.1, -0.05) is 29.4 Å². The lowest BCUT2D eigenvalue weighted by atomic mass is 10.0. The van der Waals surface area contributed by atoms with Crippen molar-refractivity contribution in [2.75, 3.05) is 5.73 Å². The van der Waals surface area contributed by atoms with Crippen LogP contribution < -0.4 is 5.73 Å². The van der Waals surface area contributed by atoms with Crippen LogP contribution in [0.3, 0.4) is 0 Å². The van der Waals surface area contributed by atoms with Gasteiger partial charge in [-0.25, -0.2) is 4.68 Å². The second kappa shape index (κ2) is 4.09. The van der Waals surface area contributed by atoms with E-state index in [4.69, 9.17) is 5.73 Å². The van der Waals surface area contributed by atoms with Gasteiger partial charge in [0.1, 0.15) is 0 Å². The maximum Gasteiger partial charge on any atom is 0.240 e. The first kappa shape index (κ1) is 10.3. The maximum absolute atomic E-state index is 11.4. The molecular weight excluding hydrogens is 206 g/mol. The first-order valence-corrected chi connectivity index (χ1v) is 4.79. The van der Waals surface area contributed by atoms with Gasteiger partial charge in [0, 0.05) is 5.56 Å². The molecule has 0 aliphatic rings. The number of ketones is 1. The zero-order valence-corrected chi connectivity index (χ0v) is 8.79. The molecule has 0 aliphatic carbocycles. The van der Waals surface area contributed by atoms with Gasteiger partial charge in [-0.3, -0.25) is 4.79 Å². The number of hydrogen-bond acceptors (Lipinski definition) is 5. The SMILES string of the molecule is CC(=O)c1ccccc1Cn1nnnc1N. The highest BCUT2D eigenvalue weighted by atomic mass is 16.1. The van der Waals surface area contributed by atoms with Gasteiger partial charge in [-0.2, -0.15) is 0 Å². The number of anilines is 1. The van der Waals surface area contributed by atoms with Crippen molar-refractivity contribution in [2.45, 2.75) is 13.5 Å². The summed E-state index contributed by atoms with van der Waals surface area (Å²) in [6, 6.07) is 7.32. The number of nitrogen functional groups attached to an aromatic ring is 1. The zero-order valence-electron chi connectivity index (χ0n) is 8.79. The summed E-state index contributed by atoms with van der Waals surface area (Å²) >= 11 is 0. The molecule has 2 rings (SSSR count). The van der Waals surface area contributed by atoms with E-state index in [1.165, 1.54) is 11.6 Å². The minimum atomic E-state index is 0.0160. The molecular formula is C10H11N5O. The number of Topliss-reactive ketones (excluding diaryl/α,β-unsaturated/α-hetero) is 1. The third kappa shape index (κ3) is 1.90. The largest absolute Gasteiger partial charge is 0.367 e. The van der Waals surface area contributed by atoms with Crippen LogP contribution in [0.2, 0.25) is 0 Å². The molecule has 6 nitrogen and oxygen atoms in total. The Hall–Kier alpha value is -2.24. The van der Waals surface area contributed by atoms with E-state index in [1.54, 1.807) is 6.07 Å². The number of rotatable bonds is 3. The molecule has 0 fully saturated rings. The Morgan fingerprint density at radius 3 is 2.81 bits per heavy atom. The Morgan fingerprint density at radius 1 is 1.44 bits per heavy atom. The van der Waals surface area contributed by atoms with Gasteiger partial charge in [0.2, 0.25) is 5.95 Å². The minimum Gasteiger partial charge on any atom is -0.367 e. The Bertz CT molecular complexity index is 519. The van der Waals surface area contributed by atoms with Crippen LogP contribution in [0.25, 0.3) is 0 Å². The normalized spacial score (nSPS) is 10.3. The van der Waals surface area contributed by atoms with Crippen LogP contribution in [0.15, 0.2) is 24.3 Å². The number of carbonyl (C=O) groups is 1. The van der Waals surface area contributed by atoms with E-state index in [9.17, 15) is 4.79 Å². The average Bonchev–Trinajstić information content (AvgIpc) is 2.65. The summed E-state index contributed by atoms with van der Waals surface area (Å²) < 4.78 is 1.45. The Kier molecular flexibility index (Phi) is 2.63. The summed E-state index contributed by atoms with van der Waals surface area (Å²) in [5, 5.41) is 10.8. The van der Waals surface area contributed by atoms with Crippen molar-refractivity contribution in [3.05, 3.63) is 35.4 Å². The second-order valence-corrected chi connectivity index (χ2v) is 3.41. The smallest absolute Gasteiger partial charge is 0.240 e. The molecule has 1 aromatic heterocycles. The standard InChI is InChI=1S/C10H11N5O/c1-7(16)9-5-3-2-4-8(9)6-15-10(11)12-13-14-15/h2-5H,6H2,1H3,(H2,11,12,14). The van der Waals surface area contributed by atoms with Gasteiger partial charge in [0.05, 0.1) is 6.54 Å². The van der Waals surface area contributed by atoms with E-state index in [2.05, 4.69) is 15.5 Å². The molecule has 1 heterocycles. The van der Waals surface area contributed by atoms with Gasteiger partial charge < -0.3 is 5.73 Å². The fraction of sp³-hybridized carbons (Fsp3) is 0.200. The Labute approximate surface area is 92.1 Å². The average molecular weight is 217 g/mol. The van der Waals surface area contributed by atoms with Gasteiger partial charge in [0.15, 0.2) is 5.78 Å².